The van der Waals surface area contributed by atoms with Gasteiger partial charge in [0.1, 0.15) is 6.61 Å². The Hall–Kier alpha value is -3.01. The Kier molecular flexibility index (Phi) is 3.89. The van der Waals surface area contributed by atoms with Crippen LogP contribution in [0.3, 0.4) is 0 Å². The van der Waals surface area contributed by atoms with Crippen molar-refractivity contribution < 1.29 is 24.2 Å². The van der Waals surface area contributed by atoms with E-state index >= 15 is 0 Å². The van der Waals surface area contributed by atoms with E-state index < -0.39 is 18.9 Å². The van der Waals surface area contributed by atoms with Gasteiger partial charge in [-0.1, -0.05) is 25.1 Å². The average molecular weight is 392 g/mol. The standard InChI is InChI=1S/C20H17BN2O6/c1-2-20(29-21(26)27)14-8-16-17-12(7-11-5-3-4-6-15(11)22-17)9-23(16)18(24)13(14)10-28-19(20)25/h3-8,26-27H,2,9-10H2,1H3. The number of aromatic nitrogens is 2. The molecule has 1 aromatic carbocycles. The second kappa shape index (κ2) is 6.25. The molecule has 0 aliphatic carbocycles. The number of carbonyl (C=O) groups is 1. The fourth-order valence-electron chi connectivity index (χ4n) is 4.29. The maximum absolute atomic E-state index is 13.2. The highest BCUT2D eigenvalue weighted by atomic mass is 16.7. The lowest BCUT2D eigenvalue weighted by Crippen LogP contribution is -2.49. The van der Waals surface area contributed by atoms with Crippen LogP contribution in [-0.4, -0.2) is 32.9 Å². The smallest absolute Gasteiger partial charge is 0.458 e. The van der Waals surface area contributed by atoms with Gasteiger partial charge in [0.25, 0.3) is 5.56 Å². The third kappa shape index (κ3) is 2.48. The van der Waals surface area contributed by atoms with E-state index in [1.807, 2.05) is 30.3 Å². The Bertz CT molecular complexity index is 1240. The van der Waals surface area contributed by atoms with E-state index in [0.717, 1.165) is 16.5 Å². The molecule has 8 nitrogen and oxygen atoms in total. The van der Waals surface area contributed by atoms with Crippen LogP contribution < -0.4 is 5.56 Å². The fourth-order valence-corrected chi connectivity index (χ4v) is 4.29. The third-order valence-electron chi connectivity index (χ3n) is 5.69. The van der Waals surface area contributed by atoms with E-state index in [2.05, 4.69) is 0 Å². The minimum atomic E-state index is -2.20. The first-order chi connectivity index (χ1) is 13.9. The normalized spacial score (nSPS) is 19.5. The molecule has 0 fully saturated rings. The van der Waals surface area contributed by atoms with Crippen LogP contribution in [-0.2, 0) is 32.9 Å². The van der Waals surface area contributed by atoms with Crippen molar-refractivity contribution in [1.82, 2.24) is 9.55 Å². The zero-order valence-corrected chi connectivity index (χ0v) is 15.6. The maximum Gasteiger partial charge on any atom is 0.635 e. The Morgan fingerprint density at radius 1 is 1.28 bits per heavy atom. The summed E-state index contributed by atoms with van der Waals surface area (Å²) >= 11 is 0. The number of cyclic esters (lactones) is 1. The highest BCUT2D eigenvalue weighted by Gasteiger charge is 2.50. The number of hydrogen-bond donors (Lipinski definition) is 2. The second-order valence-electron chi connectivity index (χ2n) is 7.20. The molecule has 0 spiro atoms. The van der Waals surface area contributed by atoms with E-state index in [1.54, 1.807) is 17.6 Å². The largest absolute Gasteiger partial charge is 0.635 e. The summed E-state index contributed by atoms with van der Waals surface area (Å²) in [5.41, 5.74) is 1.43. The molecule has 1 unspecified atom stereocenters. The zero-order valence-electron chi connectivity index (χ0n) is 15.6. The topological polar surface area (TPSA) is 111 Å². The molecule has 5 rings (SSSR count). The minimum Gasteiger partial charge on any atom is -0.458 e. The van der Waals surface area contributed by atoms with Gasteiger partial charge in [0.05, 0.1) is 29.0 Å². The molecule has 0 saturated heterocycles. The summed E-state index contributed by atoms with van der Waals surface area (Å²) in [6, 6.07) is 11.4. The molecule has 2 aliphatic rings. The lowest BCUT2D eigenvalue weighted by atomic mass is 9.84. The van der Waals surface area contributed by atoms with Crippen molar-refractivity contribution in [2.75, 3.05) is 0 Å². The number of pyridine rings is 2. The molecule has 29 heavy (non-hydrogen) atoms. The molecule has 2 aromatic heterocycles. The molecular formula is C20H17BN2O6. The molecule has 146 valence electrons. The predicted molar refractivity (Wildman–Crippen MR) is 104 cm³/mol. The van der Waals surface area contributed by atoms with Gasteiger partial charge in [-0.3, -0.25) is 4.79 Å². The molecule has 3 aromatic rings. The van der Waals surface area contributed by atoms with Gasteiger partial charge < -0.3 is 24.0 Å². The molecule has 1 atom stereocenters. The highest BCUT2D eigenvalue weighted by Crippen LogP contribution is 2.40. The van der Waals surface area contributed by atoms with Crippen molar-refractivity contribution >= 4 is 24.2 Å². The van der Waals surface area contributed by atoms with Crippen LogP contribution in [0.5, 0.6) is 0 Å². The summed E-state index contributed by atoms with van der Waals surface area (Å²) in [7, 11) is -2.20. The van der Waals surface area contributed by atoms with Gasteiger partial charge >= 0.3 is 13.3 Å². The molecular weight excluding hydrogens is 375 g/mol. The Labute approximate surface area is 165 Å². The van der Waals surface area contributed by atoms with Gasteiger partial charge in [-0.25, -0.2) is 9.78 Å². The fraction of sp³-hybridized carbons (Fsp3) is 0.250. The molecule has 0 bridgehead atoms. The van der Waals surface area contributed by atoms with Crippen molar-refractivity contribution in [3.8, 4) is 11.4 Å². The molecule has 4 heterocycles. The summed E-state index contributed by atoms with van der Waals surface area (Å²) in [6.45, 7) is 1.83. The number of benzene rings is 1. The van der Waals surface area contributed by atoms with E-state index in [-0.39, 0.29) is 24.2 Å². The van der Waals surface area contributed by atoms with E-state index in [4.69, 9.17) is 14.4 Å². The number of hydrogen-bond acceptors (Lipinski definition) is 7. The maximum atomic E-state index is 13.2. The molecule has 0 amide bonds. The van der Waals surface area contributed by atoms with Gasteiger partial charge in [-0.15, -0.1) is 0 Å². The first-order valence-corrected chi connectivity index (χ1v) is 9.32. The highest BCUT2D eigenvalue weighted by molar-refractivity contribution is 6.33. The number of para-hydroxylation sites is 1. The summed E-state index contributed by atoms with van der Waals surface area (Å²) in [4.78, 5) is 30.5. The van der Waals surface area contributed by atoms with Crippen LogP contribution in [0.15, 0.2) is 41.2 Å². The SMILES string of the molecule is CCC1(OB(O)O)C(=O)OCc2c1cc1n(c2=O)Cc2cc3ccccc3nc2-1. The number of fused-ring (bicyclic) bond motifs is 5. The van der Waals surface area contributed by atoms with Crippen LogP contribution in [0.25, 0.3) is 22.3 Å². The molecule has 2 aliphatic heterocycles. The summed E-state index contributed by atoms with van der Waals surface area (Å²) in [5, 5.41) is 19.8. The molecule has 0 radical (unpaired) electrons. The van der Waals surface area contributed by atoms with Crippen LogP contribution in [0, 0.1) is 0 Å². The van der Waals surface area contributed by atoms with Gasteiger partial charge in [0.2, 0.25) is 0 Å². The Balaban J connectivity index is 1.78. The lowest BCUT2D eigenvalue weighted by molar-refractivity contribution is -0.172. The van der Waals surface area contributed by atoms with Crippen LogP contribution in [0.4, 0.5) is 0 Å². The van der Waals surface area contributed by atoms with E-state index in [9.17, 15) is 19.6 Å². The summed E-state index contributed by atoms with van der Waals surface area (Å²) in [6.07, 6.45) is 0.0668. The van der Waals surface area contributed by atoms with Crippen molar-refractivity contribution in [3.63, 3.8) is 0 Å². The number of esters is 1. The average Bonchev–Trinajstić information content (AvgIpc) is 3.06. The van der Waals surface area contributed by atoms with Crippen LogP contribution in [0.2, 0.25) is 0 Å². The zero-order chi connectivity index (χ0) is 20.3. The van der Waals surface area contributed by atoms with Gasteiger partial charge in [0, 0.05) is 16.5 Å². The quantitative estimate of drug-likeness (QED) is 0.396. The van der Waals surface area contributed by atoms with E-state index in [0.29, 0.717) is 23.5 Å². The van der Waals surface area contributed by atoms with Crippen molar-refractivity contribution in [1.29, 1.82) is 0 Å². The van der Waals surface area contributed by atoms with Crippen molar-refractivity contribution in [3.05, 3.63) is 63.4 Å². The molecule has 9 heteroatoms. The minimum absolute atomic E-state index is 0.0668. The number of carbonyl (C=O) groups excluding carboxylic acids is 1. The number of nitrogens with zero attached hydrogens (tertiary/aromatic N) is 2. The molecule has 0 saturated carbocycles. The Morgan fingerprint density at radius 2 is 2.07 bits per heavy atom. The first kappa shape index (κ1) is 18.1. The number of ether oxygens (including phenoxy) is 1. The molecule has 2 N–H and O–H groups in total. The van der Waals surface area contributed by atoms with E-state index in [1.165, 1.54) is 0 Å². The monoisotopic (exact) mass is 392 g/mol. The van der Waals surface area contributed by atoms with Gasteiger partial charge in [-0.05, 0) is 24.6 Å². The predicted octanol–water partition coefficient (Wildman–Crippen LogP) is 1.07. The van der Waals surface area contributed by atoms with Crippen LogP contribution >= 0.6 is 0 Å². The summed E-state index contributed by atoms with van der Waals surface area (Å²) < 4.78 is 12.0. The van der Waals surface area contributed by atoms with Crippen LogP contribution in [0.1, 0.15) is 30.0 Å². The van der Waals surface area contributed by atoms with Crippen molar-refractivity contribution in [2.45, 2.75) is 32.1 Å². The lowest BCUT2D eigenvalue weighted by Gasteiger charge is -2.36. The number of rotatable bonds is 3. The van der Waals surface area contributed by atoms with Gasteiger partial charge in [-0.2, -0.15) is 0 Å². The third-order valence-corrected chi connectivity index (χ3v) is 5.69. The van der Waals surface area contributed by atoms with Gasteiger partial charge in [0.15, 0.2) is 5.60 Å². The summed E-state index contributed by atoms with van der Waals surface area (Å²) in [5.74, 6) is -0.755. The first-order valence-electron chi connectivity index (χ1n) is 9.32. The second-order valence-corrected chi connectivity index (χ2v) is 7.20. The Morgan fingerprint density at radius 3 is 2.83 bits per heavy atom. The van der Waals surface area contributed by atoms with Crippen molar-refractivity contribution in [2.24, 2.45) is 0 Å².